The van der Waals surface area contributed by atoms with E-state index in [4.69, 9.17) is 5.26 Å². The molecule has 0 spiro atoms. The zero-order valence-electron chi connectivity index (χ0n) is 6.59. The number of nitrogens with one attached hydrogen (secondary N) is 1. The minimum absolute atomic E-state index is 0.111. The Morgan fingerprint density at radius 2 is 2.10 bits per heavy atom. The maximum absolute atomic E-state index is 8.67. The van der Waals surface area contributed by atoms with Crippen molar-refractivity contribution in [1.82, 2.24) is 5.32 Å². The van der Waals surface area contributed by atoms with Gasteiger partial charge in [-0.05, 0) is 32.6 Å². The SMILES string of the molecule is CC(C)N[C@@H](C#N)C1CC1. The van der Waals surface area contributed by atoms with Crippen LogP contribution in [0, 0.1) is 17.2 Å². The van der Waals surface area contributed by atoms with Crippen LogP contribution in [0.15, 0.2) is 0 Å². The van der Waals surface area contributed by atoms with Gasteiger partial charge in [-0.3, -0.25) is 5.32 Å². The van der Waals surface area contributed by atoms with Gasteiger partial charge < -0.3 is 0 Å². The summed E-state index contributed by atoms with van der Waals surface area (Å²) in [6.45, 7) is 4.15. The van der Waals surface area contributed by atoms with E-state index < -0.39 is 0 Å². The normalized spacial score (nSPS) is 20.6. The second-order valence-corrected chi connectivity index (χ2v) is 3.27. The van der Waals surface area contributed by atoms with Gasteiger partial charge in [-0.25, -0.2) is 0 Å². The highest BCUT2D eigenvalue weighted by Crippen LogP contribution is 2.32. The molecule has 0 aliphatic heterocycles. The highest BCUT2D eigenvalue weighted by atomic mass is 14.9. The Morgan fingerprint density at radius 1 is 1.50 bits per heavy atom. The van der Waals surface area contributed by atoms with E-state index in [2.05, 4.69) is 25.2 Å². The second-order valence-electron chi connectivity index (χ2n) is 3.27. The van der Waals surface area contributed by atoms with Crippen LogP contribution in [0.25, 0.3) is 0 Å². The van der Waals surface area contributed by atoms with Crippen LogP contribution in [0.1, 0.15) is 26.7 Å². The zero-order chi connectivity index (χ0) is 7.56. The van der Waals surface area contributed by atoms with E-state index in [0.717, 1.165) is 0 Å². The Bertz CT molecular complexity index is 142. The monoisotopic (exact) mass is 138 g/mol. The highest BCUT2D eigenvalue weighted by molar-refractivity contribution is 5.00. The van der Waals surface area contributed by atoms with E-state index >= 15 is 0 Å². The predicted molar refractivity (Wildman–Crippen MR) is 40.4 cm³/mol. The molecule has 0 amide bonds. The largest absolute Gasteiger partial charge is 0.299 e. The van der Waals surface area contributed by atoms with Gasteiger partial charge in [-0.1, -0.05) is 0 Å². The Balaban J connectivity index is 2.28. The molecule has 1 saturated carbocycles. The topological polar surface area (TPSA) is 35.8 Å². The van der Waals surface area contributed by atoms with Crippen LogP contribution in [-0.2, 0) is 0 Å². The van der Waals surface area contributed by atoms with Crippen molar-refractivity contribution in [2.75, 3.05) is 0 Å². The maximum Gasteiger partial charge on any atom is 0.0983 e. The number of rotatable bonds is 3. The van der Waals surface area contributed by atoms with E-state index in [-0.39, 0.29) is 6.04 Å². The van der Waals surface area contributed by atoms with E-state index in [0.29, 0.717) is 12.0 Å². The molecule has 0 radical (unpaired) electrons. The molecule has 0 aromatic carbocycles. The number of nitrogens with zero attached hydrogens (tertiary/aromatic N) is 1. The van der Waals surface area contributed by atoms with Crippen LogP contribution in [-0.4, -0.2) is 12.1 Å². The molecular formula is C8H14N2. The molecule has 1 aliphatic rings. The fraction of sp³-hybridized carbons (Fsp3) is 0.875. The zero-order valence-corrected chi connectivity index (χ0v) is 6.59. The van der Waals surface area contributed by atoms with Gasteiger partial charge in [-0.15, -0.1) is 0 Å². The summed E-state index contributed by atoms with van der Waals surface area (Å²) in [7, 11) is 0. The summed E-state index contributed by atoms with van der Waals surface area (Å²) in [6, 6.07) is 2.83. The number of hydrogen-bond donors (Lipinski definition) is 1. The maximum atomic E-state index is 8.67. The van der Waals surface area contributed by atoms with Gasteiger partial charge in [-0.2, -0.15) is 5.26 Å². The van der Waals surface area contributed by atoms with Crippen molar-refractivity contribution in [1.29, 1.82) is 5.26 Å². The molecule has 2 heteroatoms. The summed E-state index contributed by atoms with van der Waals surface area (Å²) in [5, 5.41) is 11.9. The first kappa shape index (κ1) is 7.56. The first-order valence-corrected chi connectivity index (χ1v) is 3.89. The van der Waals surface area contributed by atoms with E-state index in [1.807, 2.05) is 0 Å². The Hall–Kier alpha value is -0.550. The van der Waals surface area contributed by atoms with Crippen molar-refractivity contribution in [2.24, 2.45) is 5.92 Å². The molecule has 0 unspecified atom stereocenters. The lowest BCUT2D eigenvalue weighted by molar-refractivity contribution is 0.492. The average molecular weight is 138 g/mol. The van der Waals surface area contributed by atoms with Crippen LogP contribution in [0.3, 0.4) is 0 Å². The lowest BCUT2D eigenvalue weighted by Gasteiger charge is -2.12. The summed E-state index contributed by atoms with van der Waals surface area (Å²) < 4.78 is 0. The third kappa shape index (κ3) is 2.00. The molecule has 0 saturated heterocycles. The number of nitriles is 1. The van der Waals surface area contributed by atoms with E-state index in [1.54, 1.807) is 0 Å². The molecule has 1 N–H and O–H groups in total. The van der Waals surface area contributed by atoms with Gasteiger partial charge in [0.2, 0.25) is 0 Å². The second kappa shape index (κ2) is 3.03. The molecule has 10 heavy (non-hydrogen) atoms. The summed E-state index contributed by atoms with van der Waals surface area (Å²) >= 11 is 0. The molecule has 1 rings (SSSR count). The average Bonchev–Trinajstić information content (AvgIpc) is 2.63. The molecule has 0 bridgehead atoms. The highest BCUT2D eigenvalue weighted by Gasteiger charge is 2.31. The van der Waals surface area contributed by atoms with Crippen LogP contribution in [0.2, 0.25) is 0 Å². The molecule has 0 aromatic heterocycles. The lowest BCUT2D eigenvalue weighted by atomic mass is 10.2. The Morgan fingerprint density at radius 3 is 2.40 bits per heavy atom. The number of hydrogen-bond acceptors (Lipinski definition) is 2. The minimum atomic E-state index is 0.111. The van der Waals surface area contributed by atoms with Crippen LogP contribution < -0.4 is 5.32 Å². The minimum Gasteiger partial charge on any atom is -0.299 e. The summed E-state index contributed by atoms with van der Waals surface area (Å²) in [5.74, 6) is 0.646. The van der Waals surface area contributed by atoms with Gasteiger partial charge in [0.1, 0.15) is 0 Å². The fourth-order valence-electron chi connectivity index (χ4n) is 1.07. The van der Waals surface area contributed by atoms with Crippen molar-refractivity contribution >= 4 is 0 Å². The summed E-state index contributed by atoms with van der Waals surface area (Å²) in [5.41, 5.74) is 0. The molecular weight excluding hydrogens is 124 g/mol. The van der Waals surface area contributed by atoms with Crippen LogP contribution >= 0.6 is 0 Å². The van der Waals surface area contributed by atoms with Crippen molar-refractivity contribution < 1.29 is 0 Å². The van der Waals surface area contributed by atoms with Crippen molar-refractivity contribution in [2.45, 2.75) is 38.8 Å². The van der Waals surface area contributed by atoms with Gasteiger partial charge in [0.25, 0.3) is 0 Å². The molecule has 1 atom stereocenters. The fourth-order valence-corrected chi connectivity index (χ4v) is 1.07. The molecule has 2 nitrogen and oxygen atoms in total. The summed E-state index contributed by atoms with van der Waals surface area (Å²) in [4.78, 5) is 0. The van der Waals surface area contributed by atoms with Crippen molar-refractivity contribution in [3.8, 4) is 6.07 Å². The Labute approximate surface area is 62.2 Å². The first-order chi connectivity index (χ1) is 4.74. The third-order valence-electron chi connectivity index (χ3n) is 1.75. The van der Waals surface area contributed by atoms with Gasteiger partial charge >= 0.3 is 0 Å². The summed E-state index contributed by atoms with van der Waals surface area (Å²) in [6.07, 6.45) is 2.47. The molecule has 56 valence electrons. The van der Waals surface area contributed by atoms with Gasteiger partial charge in [0.15, 0.2) is 0 Å². The standard InChI is InChI=1S/C8H14N2/c1-6(2)10-8(5-9)7-3-4-7/h6-8,10H,3-4H2,1-2H3/t8-/m0/s1. The molecule has 0 heterocycles. The van der Waals surface area contributed by atoms with Gasteiger partial charge in [0.05, 0.1) is 12.1 Å². The Kier molecular flexibility index (Phi) is 2.29. The van der Waals surface area contributed by atoms with E-state index in [9.17, 15) is 0 Å². The predicted octanol–water partition coefficient (Wildman–Crippen LogP) is 1.29. The smallest absolute Gasteiger partial charge is 0.0983 e. The van der Waals surface area contributed by atoms with Crippen LogP contribution in [0.5, 0.6) is 0 Å². The molecule has 1 fully saturated rings. The molecule has 1 aliphatic carbocycles. The van der Waals surface area contributed by atoms with Crippen LogP contribution in [0.4, 0.5) is 0 Å². The quantitative estimate of drug-likeness (QED) is 0.637. The first-order valence-electron chi connectivity index (χ1n) is 3.89. The van der Waals surface area contributed by atoms with E-state index in [1.165, 1.54) is 12.8 Å². The van der Waals surface area contributed by atoms with Gasteiger partial charge in [0, 0.05) is 6.04 Å². The molecule has 0 aromatic rings. The van der Waals surface area contributed by atoms with Crippen molar-refractivity contribution in [3.63, 3.8) is 0 Å². The third-order valence-corrected chi connectivity index (χ3v) is 1.75. The van der Waals surface area contributed by atoms with Crippen molar-refractivity contribution in [3.05, 3.63) is 0 Å². The lowest BCUT2D eigenvalue weighted by Crippen LogP contribution is -2.35.